The lowest BCUT2D eigenvalue weighted by Gasteiger charge is -2.27. The molecule has 0 spiro atoms. The summed E-state index contributed by atoms with van der Waals surface area (Å²) in [5.41, 5.74) is 4.33. The molecule has 2 aromatic rings. The molecular formula is C15H15O2P. The van der Waals surface area contributed by atoms with Crippen LogP contribution in [0.25, 0.3) is 11.1 Å². The number of hydrogen-bond acceptors (Lipinski definition) is 2. The lowest BCUT2D eigenvalue weighted by atomic mass is 9.99. The molecule has 0 aromatic heterocycles. The Morgan fingerprint density at radius 1 is 1.06 bits per heavy atom. The van der Waals surface area contributed by atoms with Crippen molar-refractivity contribution in [3.63, 3.8) is 0 Å². The Morgan fingerprint density at radius 2 is 1.78 bits per heavy atom. The van der Waals surface area contributed by atoms with Gasteiger partial charge in [-0.3, -0.25) is 4.57 Å². The van der Waals surface area contributed by atoms with E-state index in [1.54, 1.807) is 6.66 Å². The van der Waals surface area contributed by atoms with E-state index in [1.807, 2.05) is 31.2 Å². The van der Waals surface area contributed by atoms with E-state index in [-0.39, 0.29) is 0 Å². The number of fused-ring (bicyclic) bond motifs is 3. The monoisotopic (exact) mass is 258 g/mol. The minimum absolute atomic E-state index is 0.769. The summed E-state index contributed by atoms with van der Waals surface area (Å²) in [5.74, 6) is 0.769. The fourth-order valence-corrected chi connectivity index (χ4v) is 4.23. The van der Waals surface area contributed by atoms with Crippen LogP contribution >= 0.6 is 7.37 Å². The van der Waals surface area contributed by atoms with Gasteiger partial charge >= 0.3 is 0 Å². The second-order valence-electron chi connectivity index (χ2n) is 4.91. The Morgan fingerprint density at radius 3 is 2.56 bits per heavy atom. The van der Waals surface area contributed by atoms with Crippen LogP contribution in [0, 0.1) is 13.8 Å². The number of rotatable bonds is 0. The number of benzene rings is 2. The Bertz CT molecular complexity index is 689. The van der Waals surface area contributed by atoms with Gasteiger partial charge < -0.3 is 4.52 Å². The molecule has 1 aliphatic heterocycles. The van der Waals surface area contributed by atoms with Crippen LogP contribution in [0.4, 0.5) is 0 Å². The van der Waals surface area contributed by atoms with E-state index in [1.165, 1.54) is 5.56 Å². The molecule has 0 bridgehead atoms. The lowest BCUT2D eigenvalue weighted by Crippen LogP contribution is -2.17. The third-order valence-electron chi connectivity index (χ3n) is 3.32. The maximum absolute atomic E-state index is 12.6. The first kappa shape index (κ1) is 11.6. The van der Waals surface area contributed by atoms with Gasteiger partial charge in [0.25, 0.3) is 7.37 Å². The van der Waals surface area contributed by atoms with Crippen LogP contribution in [-0.2, 0) is 4.57 Å². The molecule has 0 N–H and O–H groups in total. The normalized spacial score (nSPS) is 20.8. The summed E-state index contributed by atoms with van der Waals surface area (Å²) in [7, 11) is -2.75. The zero-order valence-electron chi connectivity index (χ0n) is 10.7. The smallest absolute Gasteiger partial charge is 0.274 e. The Balaban J connectivity index is 2.40. The van der Waals surface area contributed by atoms with Crippen LogP contribution < -0.4 is 9.83 Å². The quantitative estimate of drug-likeness (QED) is 0.670. The van der Waals surface area contributed by atoms with Crippen LogP contribution in [0.1, 0.15) is 11.1 Å². The van der Waals surface area contributed by atoms with Gasteiger partial charge in [-0.1, -0.05) is 24.3 Å². The summed E-state index contributed by atoms with van der Waals surface area (Å²) in [6.07, 6.45) is 0. The predicted molar refractivity (Wildman–Crippen MR) is 75.1 cm³/mol. The van der Waals surface area contributed by atoms with E-state index in [2.05, 4.69) is 19.1 Å². The van der Waals surface area contributed by atoms with E-state index >= 15 is 0 Å². The highest BCUT2D eigenvalue weighted by atomic mass is 31.2. The molecule has 2 nitrogen and oxygen atoms in total. The summed E-state index contributed by atoms with van der Waals surface area (Å²) < 4.78 is 18.4. The third-order valence-corrected chi connectivity index (χ3v) is 5.11. The van der Waals surface area contributed by atoms with Crippen LogP contribution in [-0.4, -0.2) is 6.66 Å². The molecular weight excluding hydrogens is 243 g/mol. The first-order chi connectivity index (χ1) is 8.49. The van der Waals surface area contributed by atoms with Gasteiger partial charge in [0.15, 0.2) is 0 Å². The first-order valence-corrected chi connectivity index (χ1v) is 8.04. The zero-order valence-corrected chi connectivity index (χ0v) is 11.6. The Kier molecular flexibility index (Phi) is 2.39. The average Bonchev–Trinajstić information content (AvgIpc) is 2.31. The van der Waals surface area contributed by atoms with Crippen LogP contribution in [0.3, 0.4) is 0 Å². The van der Waals surface area contributed by atoms with Crippen molar-refractivity contribution in [2.75, 3.05) is 6.66 Å². The first-order valence-electron chi connectivity index (χ1n) is 5.97. The largest absolute Gasteiger partial charge is 0.439 e. The maximum atomic E-state index is 12.6. The summed E-state index contributed by atoms with van der Waals surface area (Å²) in [6.45, 7) is 5.75. The fourth-order valence-electron chi connectivity index (χ4n) is 2.55. The molecule has 0 saturated heterocycles. The van der Waals surface area contributed by atoms with E-state index in [0.717, 1.165) is 27.7 Å². The van der Waals surface area contributed by atoms with Gasteiger partial charge in [-0.15, -0.1) is 0 Å². The molecule has 1 unspecified atom stereocenters. The molecule has 0 saturated carbocycles. The number of aryl methyl sites for hydroxylation is 2. The van der Waals surface area contributed by atoms with Gasteiger partial charge in [0.1, 0.15) is 5.75 Å². The van der Waals surface area contributed by atoms with Crippen molar-refractivity contribution < 1.29 is 9.09 Å². The van der Waals surface area contributed by atoms with Gasteiger partial charge in [-0.2, -0.15) is 0 Å². The van der Waals surface area contributed by atoms with E-state index in [4.69, 9.17) is 4.52 Å². The van der Waals surface area contributed by atoms with Crippen LogP contribution in [0.15, 0.2) is 36.4 Å². The third kappa shape index (κ3) is 1.60. The zero-order chi connectivity index (χ0) is 12.9. The average molecular weight is 258 g/mol. The molecule has 0 amide bonds. The Hall–Kier alpha value is -1.53. The molecule has 1 heterocycles. The molecule has 0 radical (unpaired) electrons. The van der Waals surface area contributed by atoms with E-state index in [9.17, 15) is 4.57 Å². The highest BCUT2D eigenvalue weighted by molar-refractivity contribution is 7.67. The second-order valence-corrected chi connectivity index (χ2v) is 7.27. The highest BCUT2D eigenvalue weighted by Gasteiger charge is 2.32. The van der Waals surface area contributed by atoms with E-state index < -0.39 is 7.37 Å². The van der Waals surface area contributed by atoms with Gasteiger partial charge in [0, 0.05) is 12.2 Å². The minimum Gasteiger partial charge on any atom is -0.439 e. The molecule has 1 atom stereocenters. The SMILES string of the molecule is Cc1cc(C)c2c(c1)-c1ccccc1P(C)(=O)O2. The molecule has 0 fully saturated rings. The molecule has 92 valence electrons. The van der Waals surface area contributed by atoms with Gasteiger partial charge in [-0.25, -0.2) is 0 Å². The van der Waals surface area contributed by atoms with Gasteiger partial charge in [0.05, 0.1) is 5.30 Å². The van der Waals surface area contributed by atoms with Crippen LogP contribution in [0.5, 0.6) is 5.75 Å². The van der Waals surface area contributed by atoms with Crippen molar-refractivity contribution in [3.8, 4) is 16.9 Å². The molecule has 0 aliphatic carbocycles. The highest BCUT2D eigenvalue weighted by Crippen LogP contribution is 2.53. The summed E-state index contributed by atoms with van der Waals surface area (Å²) in [6, 6.07) is 12.0. The van der Waals surface area contributed by atoms with Crippen molar-refractivity contribution in [2.45, 2.75) is 13.8 Å². The van der Waals surface area contributed by atoms with Crippen molar-refractivity contribution >= 4 is 12.7 Å². The lowest BCUT2D eigenvalue weighted by molar-refractivity contribution is 0.495. The van der Waals surface area contributed by atoms with Crippen molar-refractivity contribution in [3.05, 3.63) is 47.5 Å². The minimum atomic E-state index is -2.75. The molecule has 3 heteroatoms. The second kappa shape index (κ2) is 3.73. The molecule has 3 rings (SSSR count). The van der Waals surface area contributed by atoms with Crippen molar-refractivity contribution in [1.29, 1.82) is 0 Å². The molecule has 1 aliphatic rings. The predicted octanol–water partition coefficient (Wildman–Crippen LogP) is 3.90. The summed E-state index contributed by atoms with van der Waals surface area (Å²) in [5, 5.41) is 0.822. The van der Waals surface area contributed by atoms with Gasteiger partial charge in [0.2, 0.25) is 0 Å². The summed E-state index contributed by atoms with van der Waals surface area (Å²) in [4.78, 5) is 0. The van der Waals surface area contributed by atoms with Crippen LogP contribution in [0.2, 0.25) is 0 Å². The van der Waals surface area contributed by atoms with E-state index in [0.29, 0.717) is 0 Å². The maximum Gasteiger partial charge on any atom is 0.274 e. The van der Waals surface area contributed by atoms with Crippen molar-refractivity contribution in [2.24, 2.45) is 0 Å². The summed E-state index contributed by atoms with van der Waals surface area (Å²) >= 11 is 0. The fraction of sp³-hybridized carbons (Fsp3) is 0.200. The molecule has 2 aromatic carbocycles. The standard InChI is InChI=1S/C15H15O2P/c1-10-8-11(2)15-13(9-10)12-6-4-5-7-14(12)18(3,16)17-15/h4-9H,1-3H3. The molecule has 18 heavy (non-hydrogen) atoms. The number of hydrogen-bond donors (Lipinski definition) is 0. The topological polar surface area (TPSA) is 26.3 Å². The Labute approximate surface area is 107 Å². The van der Waals surface area contributed by atoms with Gasteiger partial charge in [-0.05, 0) is 42.7 Å². The van der Waals surface area contributed by atoms with Crippen molar-refractivity contribution in [1.82, 2.24) is 0 Å².